The molecule has 0 spiro atoms. The lowest BCUT2D eigenvalue weighted by Gasteiger charge is -1.84. The SMILES string of the molecule is C(=C[n+]1ccccc1)c1cccs1. The van der Waals surface area contributed by atoms with E-state index in [1.165, 1.54) is 4.88 Å². The monoisotopic (exact) mass is 188 g/mol. The molecule has 0 amide bonds. The Balaban J connectivity index is 2.15. The normalized spacial score (nSPS) is 10.8. The Morgan fingerprint density at radius 2 is 1.92 bits per heavy atom. The molecule has 0 N–H and O–H groups in total. The fourth-order valence-corrected chi connectivity index (χ4v) is 1.67. The van der Waals surface area contributed by atoms with Crippen molar-refractivity contribution in [1.82, 2.24) is 0 Å². The standard InChI is InChI=1S/C11H10NS/c1-2-7-12(8-3-1)9-6-11-5-4-10-13-11/h1-10H/q+1. The molecule has 0 saturated carbocycles. The summed E-state index contributed by atoms with van der Waals surface area (Å²) in [5, 5.41) is 2.08. The third kappa shape index (κ3) is 2.26. The van der Waals surface area contributed by atoms with E-state index in [4.69, 9.17) is 0 Å². The number of nitrogens with zero attached hydrogens (tertiary/aromatic N) is 1. The summed E-state index contributed by atoms with van der Waals surface area (Å²) in [6.45, 7) is 0. The van der Waals surface area contributed by atoms with Crippen LogP contribution in [-0.2, 0) is 0 Å². The van der Waals surface area contributed by atoms with Crippen LogP contribution in [0.5, 0.6) is 0 Å². The van der Waals surface area contributed by atoms with Crippen molar-refractivity contribution in [2.24, 2.45) is 0 Å². The maximum Gasteiger partial charge on any atom is 0.175 e. The Morgan fingerprint density at radius 3 is 2.62 bits per heavy atom. The maximum atomic E-state index is 2.10. The van der Waals surface area contributed by atoms with Crippen LogP contribution in [0.25, 0.3) is 12.3 Å². The lowest BCUT2D eigenvalue weighted by atomic mass is 10.4. The first-order valence-corrected chi connectivity index (χ1v) is 5.00. The molecule has 2 heteroatoms. The molecule has 2 aromatic rings. The fourth-order valence-electron chi connectivity index (χ4n) is 1.06. The molecule has 0 fully saturated rings. The van der Waals surface area contributed by atoms with Crippen LogP contribution in [0.1, 0.15) is 4.88 Å². The van der Waals surface area contributed by atoms with E-state index in [-0.39, 0.29) is 0 Å². The summed E-state index contributed by atoms with van der Waals surface area (Å²) in [6, 6.07) is 10.2. The van der Waals surface area contributed by atoms with Crippen LogP contribution in [0.4, 0.5) is 0 Å². The van der Waals surface area contributed by atoms with E-state index in [1.807, 2.05) is 41.4 Å². The van der Waals surface area contributed by atoms with E-state index in [9.17, 15) is 0 Å². The second kappa shape index (κ2) is 4.01. The fraction of sp³-hybridized carbons (Fsp3) is 0. The average molecular weight is 188 g/mol. The van der Waals surface area contributed by atoms with E-state index >= 15 is 0 Å². The Morgan fingerprint density at radius 1 is 1.08 bits per heavy atom. The van der Waals surface area contributed by atoms with Gasteiger partial charge in [0.15, 0.2) is 18.6 Å². The van der Waals surface area contributed by atoms with Gasteiger partial charge in [0.25, 0.3) is 0 Å². The zero-order valence-electron chi connectivity index (χ0n) is 7.13. The van der Waals surface area contributed by atoms with Gasteiger partial charge in [0.1, 0.15) is 0 Å². The van der Waals surface area contributed by atoms with Crippen LogP contribution in [0.2, 0.25) is 0 Å². The van der Waals surface area contributed by atoms with Crippen molar-refractivity contribution in [1.29, 1.82) is 0 Å². The van der Waals surface area contributed by atoms with Gasteiger partial charge in [-0.05, 0) is 11.4 Å². The molecular formula is C11H10NS+. The van der Waals surface area contributed by atoms with Gasteiger partial charge in [-0.15, -0.1) is 11.3 Å². The maximum absolute atomic E-state index is 2.10. The predicted molar refractivity (Wildman–Crippen MR) is 56.2 cm³/mol. The highest BCUT2D eigenvalue weighted by molar-refractivity contribution is 7.10. The van der Waals surface area contributed by atoms with Gasteiger partial charge in [-0.25, -0.2) is 0 Å². The molecule has 0 aliphatic heterocycles. The van der Waals surface area contributed by atoms with Crippen molar-refractivity contribution in [3.8, 4) is 0 Å². The summed E-state index contributed by atoms with van der Waals surface area (Å²) in [4.78, 5) is 1.27. The average Bonchev–Trinajstić information content (AvgIpc) is 2.69. The van der Waals surface area contributed by atoms with Crippen molar-refractivity contribution < 1.29 is 4.57 Å². The van der Waals surface area contributed by atoms with Crippen LogP contribution < -0.4 is 4.57 Å². The minimum atomic E-state index is 1.27. The lowest BCUT2D eigenvalue weighted by Crippen LogP contribution is -2.23. The number of hydrogen-bond donors (Lipinski definition) is 0. The summed E-state index contributed by atoms with van der Waals surface area (Å²) in [7, 11) is 0. The van der Waals surface area contributed by atoms with E-state index in [1.54, 1.807) is 11.3 Å². The first-order valence-electron chi connectivity index (χ1n) is 4.13. The molecule has 0 aliphatic carbocycles. The molecule has 0 radical (unpaired) electrons. The molecule has 64 valence electrons. The highest BCUT2D eigenvalue weighted by Gasteiger charge is 1.91. The summed E-state index contributed by atoms with van der Waals surface area (Å²) < 4.78 is 2.03. The largest absolute Gasteiger partial charge is 0.175 e. The summed E-state index contributed by atoms with van der Waals surface area (Å²) in [5.41, 5.74) is 0. The molecule has 0 saturated heterocycles. The zero-order valence-corrected chi connectivity index (χ0v) is 7.95. The van der Waals surface area contributed by atoms with Crippen LogP contribution in [-0.4, -0.2) is 0 Å². The van der Waals surface area contributed by atoms with E-state index in [0.29, 0.717) is 0 Å². The molecule has 0 aromatic carbocycles. The topological polar surface area (TPSA) is 3.88 Å². The van der Waals surface area contributed by atoms with Crippen molar-refractivity contribution in [2.75, 3.05) is 0 Å². The molecule has 13 heavy (non-hydrogen) atoms. The van der Waals surface area contributed by atoms with E-state index < -0.39 is 0 Å². The molecule has 0 bridgehead atoms. The van der Waals surface area contributed by atoms with E-state index in [0.717, 1.165) is 0 Å². The Bertz CT molecular complexity index is 376. The molecule has 1 nitrogen and oxygen atoms in total. The number of hydrogen-bond acceptors (Lipinski definition) is 1. The van der Waals surface area contributed by atoms with Gasteiger partial charge in [0.05, 0.1) is 0 Å². The van der Waals surface area contributed by atoms with Crippen LogP contribution in [0.3, 0.4) is 0 Å². The second-order valence-electron chi connectivity index (χ2n) is 2.65. The smallest absolute Gasteiger partial charge is 0.174 e. The quantitative estimate of drug-likeness (QED) is 0.638. The van der Waals surface area contributed by atoms with Crippen molar-refractivity contribution in [3.63, 3.8) is 0 Å². The predicted octanol–water partition coefficient (Wildman–Crippen LogP) is 2.66. The number of thiophene rings is 1. The molecule has 0 aliphatic rings. The van der Waals surface area contributed by atoms with Gasteiger partial charge in [-0.2, -0.15) is 4.57 Å². The summed E-state index contributed by atoms with van der Waals surface area (Å²) in [5.74, 6) is 0. The third-order valence-corrected chi connectivity index (χ3v) is 2.53. The molecule has 2 aromatic heterocycles. The van der Waals surface area contributed by atoms with Crippen molar-refractivity contribution in [2.45, 2.75) is 0 Å². The van der Waals surface area contributed by atoms with Crippen molar-refractivity contribution in [3.05, 3.63) is 53.0 Å². The number of pyridine rings is 1. The van der Waals surface area contributed by atoms with Gasteiger partial charge in [0, 0.05) is 23.1 Å². The first-order chi connectivity index (χ1) is 6.45. The van der Waals surface area contributed by atoms with Gasteiger partial charge in [0.2, 0.25) is 0 Å². The van der Waals surface area contributed by atoms with Crippen LogP contribution in [0.15, 0.2) is 48.1 Å². The minimum Gasteiger partial charge on any atom is -0.174 e. The number of aromatic nitrogens is 1. The first kappa shape index (κ1) is 8.20. The Labute approximate surface area is 81.6 Å². The molecule has 0 unspecified atom stereocenters. The lowest BCUT2D eigenvalue weighted by molar-refractivity contribution is -0.567. The summed E-state index contributed by atoms with van der Waals surface area (Å²) >= 11 is 1.74. The Hall–Kier alpha value is -1.41. The second-order valence-corrected chi connectivity index (χ2v) is 3.63. The van der Waals surface area contributed by atoms with Gasteiger partial charge in [-0.3, -0.25) is 0 Å². The highest BCUT2D eigenvalue weighted by Crippen LogP contribution is 2.09. The highest BCUT2D eigenvalue weighted by atomic mass is 32.1. The third-order valence-electron chi connectivity index (χ3n) is 1.69. The molecule has 0 atom stereocenters. The zero-order chi connectivity index (χ0) is 8.93. The van der Waals surface area contributed by atoms with Gasteiger partial charge >= 0.3 is 0 Å². The van der Waals surface area contributed by atoms with Gasteiger partial charge < -0.3 is 0 Å². The summed E-state index contributed by atoms with van der Waals surface area (Å²) in [6.07, 6.45) is 8.19. The van der Waals surface area contributed by atoms with Crippen LogP contribution >= 0.6 is 11.3 Å². The van der Waals surface area contributed by atoms with Crippen molar-refractivity contribution >= 4 is 23.6 Å². The van der Waals surface area contributed by atoms with E-state index in [2.05, 4.69) is 23.6 Å². The molecule has 2 heterocycles. The van der Waals surface area contributed by atoms with Crippen LogP contribution in [0, 0.1) is 0 Å². The Kier molecular flexibility index (Phi) is 2.53. The number of rotatable bonds is 2. The van der Waals surface area contributed by atoms with Gasteiger partial charge in [-0.1, -0.05) is 12.1 Å². The minimum absolute atomic E-state index is 1.27. The molecular weight excluding hydrogens is 178 g/mol. The molecule has 2 rings (SSSR count).